The molecule has 0 saturated heterocycles. The molecule has 4 nitrogen and oxygen atoms in total. The minimum atomic E-state index is 0.197. The fourth-order valence-corrected chi connectivity index (χ4v) is 1.33. The summed E-state index contributed by atoms with van der Waals surface area (Å²) in [7, 11) is 3.29. The smallest absolute Gasteiger partial charge is 0.222 e. The predicted octanol–water partition coefficient (Wildman–Crippen LogP) is 1.54. The van der Waals surface area contributed by atoms with Crippen LogP contribution in [0.2, 0.25) is 0 Å². The molecule has 0 heterocycles. The molecule has 0 rings (SSSR count). The second-order valence-electron chi connectivity index (χ2n) is 4.30. The largest absolute Gasteiger partial charge is 0.383 e. The van der Waals surface area contributed by atoms with Gasteiger partial charge >= 0.3 is 0 Å². The molecule has 4 heteroatoms. The topological polar surface area (TPSA) is 38.8 Å². The lowest BCUT2D eigenvalue weighted by Crippen LogP contribution is -2.36. The van der Waals surface area contributed by atoms with E-state index >= 15 is 0 Å². The van der Waals surface area contributed by atoms with Crippen molar-refractivity contribution in [2.45, 2.75) is 26.7 Å². The van der Waals surface area contributed by atoms with E-state index in [4.69, 9.17) is 9.47 Å². The Hall–Kier alpha value is -0.610. The maximum Gasteiger partial charge on any atom is 0.222 e. The van der Waals surface area contributed by atoms with Crippen molar-refractivity contribution in [3.05, 3.63) is 0 Å². The van der Waals surface area contributed by atoms with Crippen LogP contribution in [0.5, 0.6) is 0 Å². The van der Waals surface area contributed by atoms with E-state index in [-0.39, 0.29) is 5.91 Å². The molecule has 0 atom stereocenters. The van der Waals surface area contributed by atoms with Crippen LogP contribution >= 0.6 is 0 Å². The Morgan fingerprint density at radius 1 is 1.12 bits per heavy atom. The van der Waals surface area contributed by atoms with Gasteiger partial charge in [0.25, 0.3) is 0 Å². The average Bonchev–Trinajstić information content (AvgIpc) is 2.26. The third-order valence-corrected chi connectivity index (χ3v) is 2.42. The monoisotopic (exact) mass is 231 g/mol. The van der Waals surface area contributed by atoms with E-state index in [1.54, 1.807) is 14.2 Å². The van der Waals surface area contributed by atoms with Gasteiger partial charge in [0.05, 0.1) is 13.2 Å². The summed E-state index contributed by atoms with van der Waals surface area (Å²) in [6, 6.07) is 0. The van der Waals surface area contributed by atoms with E-state index < -0.39 is 0 Å². The van der Waals surface area contributed by atoms with Crippen LogP contribution in [0.4, 0.5) is 0 Å². The summed E-state index contributed by atoms with van der Waals surface area (Å²) in [5, 5.41) is 0. The van der Waals surface area contributed by atoms with Crippen LogP contribution in [0, 0.1) is 5.92 Å². The highest BCUT2D eigenvalue weighted by Gasteiger charge is 2.13. The Bertz CT molecular complexity index is 175. The van der Waals surface area contributed by atoms with E-state index in [0.717, 1.165) is 6.42 Å². The van der Waals surface area contributed by atoms with Gasteiger partial charge < -0.3 is 14.4 Å². The summed E-state index contributed by atoms with van der Waals surface area (Å²) in [5.41, 5.74) is 0. The highest BCUT2D eigenvalue weighted by atomic mass is 16.5. The second-order valence-corrected chi connectivity index (χ2v) is 4.30. The van der Waals surface area contributed by atoms with Gasteiger partial charge in [-0.1, -0.05) is 13.8 Å². The zero-order chi connectivity index (χ0) is 12.4. The van der Waals surface area contributed by atoms with Gasteiger partial charge in [-0.15, -0.1) is 0 Å². The minimum absolute atomic E-state index is 0.197. The third-order valence-electron chi connectivity index (χ3n) is 2.42. The fraction of sp³-hybridized carbons (Fsp3) is 0.917. The first kappa shape index (κ1) is 15.4. The van der Waals surface area contributed by atoms with Gasteiger partial charge in [0.2, 0.25) is 5.91 Å². The van der Waals surface area contributed by atoms with Crippen molar-refractivity contribution >= 4 is 5.91 Å². The van der Waals surface area contributed by atoms with Crippen LogP contribution in [-0.2, 0) is 14.3 Å². The van der Waals surface area contributed by atoms with Crippen molar-refractivity contribution in [1.82, 2.24) is 4.90 Å². The molecule has 0 aromatic rings. The summed E-state index contributed by atoms with van der Waals surface area (Å²) >= 11 is 0. The lowest BCUT2D eigenvalue weighted by molar-refractivity contribution is -0.132. The number of nitrogens with zero attached hydrogens (tertiary/aromatic N) is 1. The number of carbonyl (C=O) groups is 1. The van der Waals surface area contributed by atoms with Crippen molar-refractivity contribution in [2.75, 3.05) is 40.5 Å². The summed E-state index contributed by atoms with van der Waals surface area (Å²) in [5.74, 6) is 0.762. The lowest BCUT2D eigenvalue weighted by Gasteiger charge is -2.22. The van der Waals surface area contributed by atoms with Gasteiger partial charge in [-0.25, -0.2) is 0 Å². The quantitative estimate of drug-likeness (QED) is 0.604. The van der Waals surface area contributed by atoms with Crippen molar-refractivity contribution in [1.29, 1.82) is 0 Å². The van der Waals surface area contributed by atoms with E-state index in [1.807, 2.05) is 4.90 Å². The zero-order valence-electron chi connectivity index (χ0n) is 11.0. The Morgan fingerprint density at radius 3 is 2.00 bits per heavy atom. The molecule has 0 bridgehead atoms. The number of carbonyl (C=O) groups excluding carboxylic acids is 1. The summed E-state index contributed by atoms with van der Waals surface area (Å²) in [6.45, 7) is 6.71. The molecule has 0 aromatic heterocycles. The van der Waals surface area contributed by atoms with Crippen LogP contribution in [0.15, 0.2) is 0 Å². The summed E-state index contributed by atoms with van der Waals surface area (Å²) < 4.78 is 9.99. The van der Waals surface area contributed by atoms with E-state index in [2.05, 4.69) is 13.8 Å². The minimum Gasteiger partial charge on any atom is -0.383 e. The fourth-order valence-electron chi connectivity index (χ4n) is 1.33. The molecule has 0 unspecified atom stereocenters. The molecular weight excluding hydrogens is 206 g/mol. The van der Waals surface area contributed by atoms with Crippen LogP contribution < -0.4 is 0 Å². The molecule has 96 valence electrons. The number of ether oxygens (including phenoxy) is 2. The number of methoxy groups -OCH3 is 2. The summed E-state index contributed by atoms with van der Waals surface area (Å²) in [6.07, 6.45) is 1.56. The summed E-state index contributed by atoms with van der Waals surface area (Å²) in [4.78, 5) is 13.7. The molecule has 16 heavy (non-hydrogen) atoms. The molecule has 1 amide bonds. The van der Waals surface area contributed by atoms with Crippen LogP contribution in [0.25, 0.3) is 0 Å². The number of rotatable bonds is 9. The standard InChI is InChI=1S/C12H25NO3/c1-11(2)5-6-12(14)13(7-9-15-3)8-10-16-4/h11H,5-10H2,1-4H3. The maximum atomic E-state index is 11.9. The molecule has 0 saturated carbocycles. The lowest BCUT2D eigenvalue weighted by atomic mass is 10.1. The molecule has 0 N–H and O–H groups in total. The molecule has 0 fully saturated rings. The molecule has 0 aliphatic heterocycles. The van der Waals surface area contributed by atoms with Crippen LogP contribution in [-0.4, -0.2) is 51.3 Å². The van der Waals surface area contributed by atoms with Gasteiger partial charge in [-0.2, -0.15) is 0 Å². The first-order valence-electron chi connectivity index (χ1n) is 5.87. The Labute approximate surface area is 98.9 Å². The van der Waals surface area contributed by atoms with Gasteiger partial charge in [0, 0.05) is 33.7 Å². The van der Waals surface area contributed by atoms with Gasteiger partial charge in [-0.05, 0) is 12.3 Å². The van der Waals surface area contributed by atoms with Crippen LogP contribution in [0.1, 0.15) is 26.7 Å². The SMILES string of the molecule is COCCN(CCOC)C(=O)CCC(C)C. The number of hydrogen-bond donors (Lipinski definition) is 0. The molecule has 0 aliphatic rings. The van der Waals surface area contributed by atoms with Crippen molar-refractivity contribution in [3.8, 4) is 0 Å². The molecule has 0 aromatic carbocycles. The van der Waals surface area contributed by atoms with Crippen molar-refractivity contribution < 1.29 is 14.3 Å². The van der Waals surface area contributed by atoms with E-state index in [9.17, 15) is 4.79 Å². The number of hydrogen-bond acceptors (Lipinski definition) is 3. The van der Waals surface area contributed by atoms with Gasteiger partial charge in [0.15, 0.2) is 0 Å². The number of amides is 1. The molecule has 0 spiro atoms. The first-order valence-corrected chi connectivity index (χ1v) is 5.87. The first-order chi connectivity index (χ1) is 7.61. The Morgan fingerprint density at radius 2 is 1.62 bits per heavy atom. The highest BCUT2D eigenvalue weighted by Crippen LogP contribution is 2.06. The van der Waals surface area contributed by atoms with Crippen molar-refractivity contribution in [2.24, 2.45) is 5.92 Å². The second kappa shape index (κ2) is 9.60. The predicted molar refractivity (Wildman–Crippen MR) is 64.4 cm³/mol. The van der Waals surface area contributed by atoms with Gasteiger partial charge in [-0.3, -0.25) is 4.79 Å². The van der Waals surface area contributed by atoms with E-state index in [0.29, 0.717) is 38.6 Å². The highest BCUT2D eigenvalue weighted by molar-refractivity contribution is 5.76. The average molecular weight is 231 g/mol. The van der Waals surface area contributed by atoms with Gasteiger partial charge in [0.1, 0.15) is 0 Å². The van der Waals surface area contributed by atoms with E-state index in [1.165, 1.54) is 0 Å². The molecule has 0 radical (unpaired) electrons. The third kappa shape index (κ3) is 7.65. The maximum absolute atomic E-state index is 11.9. The normalized spacial score (nSPS) is 10.8. The Balaban J connectivity index is 3.98. The zero-order valence-corrected chi connectivity index (χ0v) is 11.0. The van der Waals surface area contributed by atoms with Crippen molar-refractivity contribution in [3.63, 3.8) is 0 Å². The Kier molecular flexibility index (Phi) is 9.24. The van der Waals surface area contributed by atoms with Crippen LogP contribution in [0.3, 0.4) is 0 Å². The molecular formula is C12H25NO3. The molecule has 0 aliphatic carbocycles.